The molecule has 0 saturated carbocycles. The van der Waals surface area contributed by atoms with E-state index in [0.717, 1.165) is 70.9 Å². The van der Waals surface area contributed by atoms with Crippen molar-refractivity contribution in [2.45, 2.75) is 51.9 Å². The fourth-order valence-corrected chi connectivity index (χ4v) is 3.71. The van der Waals surface area contributed by atoms with Gasteiger partial charge in [0.15, 0.2) is 5.96 Å². The van der Waals surface area contributed by atoms with E-state index in [1.165, 1.54) is 5.56 Å². The molecule has 0 spiro atoms. The predicted octanol–water partition coefficient (Wildman–Crippen LogP) is 2.50. The minimum absolute atomic E-state index is 0.000640. The number of carbonyl (C=O) groups is 1. The number of carbonyl (C=O) groups excluding carboxylic acids is 1. The zero-order valence-electron chi connectivity index (χ0n) is 18.4. The lowest BCUT2D eigenvalue weighted by Gasteiger charge is -2.30. The SMILES string of the molecule is CCNC(=NCC(C)(C)c1ccccc1)NCCCCN1CCC(C(N)=O)CC1. The first-order valence-corrected chi connectivity index (χ1v) is 11.0. The van der Waals surface area contributed by atoms with Crippen molar-refractivity contribution in [2.75, 3.05) is 39.3 Å². The van der Waals surface area contributed by atoms with Gasteiger partial charge < -0.3 is 21.3 Å². The molecule has 4 N–H and O–H groups in total. The topological polar surface area (TPSA) is 82.8 Å². The highest BCUT2D eigenvalue weighted by Crippen LogP contribution is 2.23. The largest absolute Gasteiger partial charge is 0.369 e. The Kier molecular flexibility index (Phi) is 9.45. The van der Waals surface area contributed by atoms with E-state index in [1.807, 2.05) is 0 Å². The molecule has 0 aliphatic carbocycles. The number of primary amides is 1. The van der Waals surface area contributed by atoms with Crippen molar-refractivity contribution in [1.29, 1.82) is 0 Å². The van der Waals surface area contributed by atoms with E-state index in [9.17, 15) is 4.79 Å². The molecule has 6 nitrogen and oxygen atoms in total. The van der Waals surface area contributed by atoms with Gasteiger partial charge in [-0.1, -0.05) is 44.2 Å². The summed E-state index contributed by atoms with van der Waals surface area (Å²) in [5.74, 6) is 0.824. The van der Waals surface area contributed by atoms with Gasteiger partial charge in [-0.2, -0.15) is 0 Å². The number of nitrogens with one attached hydrogen (secondary N) is 2. The maximum absolute atomic E-state index is 11.3. The highest BCUT2D eigenvalue weighted by Gasteiger charge is 2.22. The van der Waals surface area contributed by atoms with Gasteiger partial charge in [-0.3, -0.25) is 9.79 Å². The van der Waals surface area contributed by atoms with Crippen LogP contribution in [-0.2, 0) is 10.2 Å². The van der Waals surface area contributed by atoms with Crippen LogP contribution >= 0.6 is 0 Å². The first kappa shape index (κ1) is 23.2. The first-order valence-electron chi connectivity index (χ1n) is 11.0. The second-order valence-corrected chi connectivity index (χ2v) is 8.60. The van der Waals surface area contributed by atoms with Crippen molar-refractivity contribution >= 4 is 11.9 Å². The molecule has 6 heteroatoms. The molecule has 0 unspecified atom stereocenters. The number of piperidine rings is 1. The van der Waals surface area contributed by atoms with Gasteiger partial charge in [-0.25, -0.2) is 0 Å². The number of aliphatic imine (C=N–C) groups is 1. The zero-order valence-corrected chi connectivity index (χ0v) is 18.4. The Bertz CT molecular complexity index is 636. The Balaban J connectivity index is 1.70. The van der Waals surface area contributed by atoms with E-state index >= 15 is 0 Å². The molecule has 2 rings (SSSR count). The van der Waals surface area contributed by atoms with Gasteiger partial charge in [0, 0.05) is 24.4 Å². The van der Waals surface area contributed by atoms with Crippen molar-refractivity contribution in [3.05, 3.63) is 35.9 Å². The maximum atomic E-state index is 11.3. The van der Waals surface area contributed by atoms with Crippen LogP contribution in [0.5, 0.6) is 0 Å². The minimum Gasteiger partial charge on any atom is -0.369 e. The molecule has 1 aromatic carbocycles. The highest BCUT2D eigenvalue weighted by molar-refractivity contribution is 5.79. The summed E-state index contributed by atoms with van der Waals surface area (Å²) < 4.78 is 0. The van der Waals surface area contributed by atoms with Crippen molar-refractivity contribution in [1.82, 2.24) is 15.5 Å². The van der Waals surface area contributed by atoms with Crippen molar-refractivity contribution in [3.8, 4) is 0 Å². The van der Waals surface area contributed by atoms with Gasteiger partial charge in [0.25, 0.3) is 0 Å². The van der Waals surface area contributed by atoms with E-state index in [-0.39, 0.29) is 17.2 Å². The summed E-state index contributed by atoms with van der Waals surface area (Å²) in [5, 5.41) is 6.81. The molecule has 1 aliphatic rings. The zero-order chi connectivity index (χ0) is 21.1. The van der Waals surface area contributed by atoms with Gasteiger partial charge in [0.2, 0.25) is 5.91 Å². The molecule has 0 atom stereocenters. The summed E-state index contributed by atoms with van der Waals surface area (Å²) >= 11 is 0. The minimum atomic E-state index is -0.139. The van der Waals surface area contributed by atoms with Crippen LogP contribution in [0.2, 0.25) is 0 Å². The van der Waals surface area contributed by atoms with Crippen LogP contribution in [-0.4, -0.2) is 56.0 Å². The van der Waals surface area contributed by atoms with Gasteiger partial charge >= 0.3 is 0 Å². The van der Waals surface area contributed by atoms with Crippen LogP contribution < -0.4 is 16.4 Å². The van der Waals surface area contributed by atoms with E-state index < -0.39 is 0 Å². The normalized spacial score (nSPS) is 16.6. The Hall–Kier alpha value is -2.08. The van der Waals surface area contributed by atoms with E-state index in [4.69, 9.17) is 10.7 Å². The van der Waals surface area contributed by atoms with E-state index in [1.54, 1.807) is 0 Å². The summed E-state index contributed by atoms with van der Waals surface area (Å²) in [5.41, 5.74) is 6.71. The lowest BCUT2D eigenvalue weighted by atomic mass is 9.85. The number of nitrogens with two attached hydrogens (primary N) is 1. The number of rotatable bonds is 10. The van der Waals surface area contributed by atoms with Crippen LogP contribution in [0.25, 0.3) is 0 Å². The molecule has 1 aliphatic heterocycles. The third-order valence-corrected chi connectivity index (χ3v) is 5.72. The van der Waals surface area contributed by atoms with Crippen LogP contribution in [0, 0.1) is 5.92 Å². The summed E-state index contributed by atoms with van der Waals surface area (Å²) in [6.07, 6.45) is 4.05. The van der Waals surface area contributed by atoms with Gasteiger partial charge in [-0.15, -0.1) is 0 Å². The number of benzene rings is 1. The summed E-state index contributed by atoms with van der Waals surface area (Å²) in [6.45, 7) is 12.1. The van der Waals surface area contributed by atoms with Crippen molar-refractivity contribution in [2.24, 2.45) is 16.6 Å². The molecule has 1 saturated heterocycles. The molecule has 29 heavy (non-hydrogen) atoms. The monoisotopic (exact) mass is 401 g/mol. The highest BCUT2D eigenvalue weighted by atomic mass is 16.1. The number of amides is 1. The summed E-state index contributed by atoms with van der Waals surface area (Å²) in [6, 6.07) is 10.6. The average Bonchev–Trinajstić information content (AvgIpc) is 2.72. The second kappa shape index (κ2) is 11.8. The number of hydrogen-bond acceptors (Lipinski definition) is 3. The maximum Gasteiger partial charge on any atom is 0.220 e. The molecule has 1 heterocycles. The summed E-state index contributed by atoms with van der Waals surface area (Å²) in [7, 11) is 0. The average molecular weight is 402 g/mol. The lowest BCUT2D eigenvalue weighted by Crippen LogP contribution is -2.40. The number of likely N-dealkylation sites (tertiary alicyclic amines) is 1. The quantitative estimate of drug-likeness (QED) is 0.320. The molecule has 0 aromatic heterocycles. The van der Waals surface area contributed by atoms with Crippen LogP contribution in [0.3, 0.4) is 0 Å². The van der Waals surface area contributed by atoms with Crippen molar-refractivity contribution < 1.29 is 4.79 Å². The molecular weight excluding hydrogens is 362 g/mol. The number of unbranched alkanes of at least 4 members (excludes halogenated alkanes) is 1. The predicted molar refractivity (Wildman–Crippen MR) is 121 cm³/mol. The standard InChI is InChI=1S/C23H39N5O/c1-4-25-22(27-18-23(2,3)20-10-6-5-7-11-20)26-14-8-9-15-28-16-12-19(13-17-28)21(24)29/h5-7,10-11,19H,4,8-9,12-18H2,1-3H3,(H2,24,29)(H2,25,26,27). The van der Waals surface area contributed by atoms with Gasteiger partial charge in [-0.05, 0) is 57.8 Å². The molecule has 1 fully saturated rings. The third-order valence-electron chi connectivity index (χ3n) is 5.72. The van der Waals surface area contributed by atoms with Gasteiger partial charge in [0.1, 0.15) is 0 Å². The van der Waals surface area contributed by atoms with Gasteiger partial charge in [0.05, 0.1) is 6.54 Å². The molecule has 162 valence electrons. The number of nitrogens with zero attached hydrogens (tertiary/aromatic N) is 2. The molecule has 1 amide bonds. The molecule has 1 aromatic rings. The van der Waals surface area contributed by atoms with E-state index in [2.05, 4.69) is 66.6 Å². The summed E-state index contributed by atoms with van der Waals surface area (Å²) in [4.78, 5) is 18.5. The fourth-order valence-electron chi connectivity index (χ4n) is 3.71. The Morgan fingerprint density at radius 1 is 1.17 bits per heavy atom. The molecule has 0 bridgehead atoms. The number of guanidine groups is 1. The molecule has 0 radical (unpaired) electrons. The number of hydrogen-bond donors (Lipinski definition) is 3. The first-order chi connectivity index (χ1) is 13.9. The van der Waals surface area contributed by atoms with Crippen molar-refractivity contribution in [3.63, 3.8) is 0 Å². The lowest BCUT2D eigenvalue weighted by molar-refractivity contribution is -0.123. The Labute approximate surface area is 176 Å². The Morgan fingerprint density at radius 2 is 1.86 bits per heavy atom. The third kappa shape index (κ3) is 8.05. The van der Waals surface area contributed by atoms with E-state index in [0.29, 0.717) is 0 Å². The van der Waals surface area contributed by atoms with Crippen LogP contribution in [0.4, 0.5) is 0 Å². The fraction of sp³-hybridized carbons (Fsp3) is 0.652. The second-order valence-electron chi connectivity index (χ2n) is 8.60. The van der Waals surface area contributed by atoms with Crippen LogP contribution in [0.15, 0.2) is 35.3 Å². The Morgan fingerprint density at radius 3 is 2.48 bits per heavy atom. The van der Waals surface area contributed by atoms with Crippen LogP contribution in [0.1, 0.15) is 52.0 Å². The molecular formula is C23H39N5O. The smallest absolute Gasteiger partial charge is 0.220 e.